The molecule has 1 aromatic rings. The number of rotatable bonds is 25. The highest BCUT2D eigenvalue weighted by Crippen LogP contribution is 2.12. The second kappa shape index (κ2) is 22.0. The average molecular weight is 692 g/mol. The average Bonchev–Trinajstić information content (AvgIpc) is 3.03. The summed E-state index contributed by atoms with van der Waals surface area (Å²) in [5.41, 5.74) is 0.638. The van der Waals surface area contributed by atoms with E-state index in [1.165, 1.54) is 12.1 Å². The molecule has 49 heavy (non-hydrogen) atoms. The van der Waals surface area contributed by atoms with Crippen molar-refractivity contribution in [3.8, 4) is 5.75 Å². The monoisotopic (exact) mass is 691 g/mol. The van der Waals surface area contributed by atoms with Gasteiger partial charge in [0.1, 0.15) is 25.4 Å². The number of hydrogen-bond acceptors (Lipinski definition) is 11. The second-order valence-corrected chi connectivity index (χ2v) is 10.8. The summed E-state index contributed by atoms with van der Waals surface area (Å²) < 4.78 is 0. The Bertz CT molecular complexity index is 1380. The van der Waals surface area contributed by atoms with E-state index in [2.05, 4.69) is 16.0 Å². The molecule has 0 aromatic heterocycles. The van der Waals surface area contributed by atoms with Crippen LogP contribution in [0.4, 0.5) is 0 Å². The zero-order valence-electron chi connectivity index (χ0n) is 27.0. The standard InChI is InChI=1S/C31H41N5O13/c1-2-3-23(40)15-35(17-30(46)47)28(44)11-8-22(39)13-32-27(43)16-36(18-31(48)49)29(45)14-33-26(42)10-9-25(41)24(34-19-37)12-20-4-6-21(38)7-5-20/h4-7,19,24,38H,2-3,8-18H2,1H3,(H,32,43)(H,33,42)(H,34,37)(H,46,47)(H,48,49)/t24-/m0/s1. The topological polar surface area (TPSA) is 274 Å². The predicted octanol–water partition coefficient (Wildman–Crippen LogP) is -1.82. The lowest BCUT2D eigenvalue weighted by Crippen LogP contribution is -2.47. The van der Waals surface area contributed by atoms with Crippen LogP contribution >= 0.6 is 0 Å². The maximum absolute atomic E-state index is 12.6. The number of hydrogen-bond donors (Lipinski definition) is 6. The molecule has 0 radical (unpaired) electrons. The molecular formula is C31H41N5O13. The van der Waals surface area contributed by atoms with Gasteiger partial charge in [0, 0.05) is 32.1 Å². The summed E-state index contributed by atoms with van der Waals surface area (Å²) in [7, 11) is 0. The van der Waals surface area contributed by atoms with E-state index in [1.807, 2.05) is 0 Å². The van der Waals surface area contributed by atoms with Crippen LogP contribution in [-0.2, 0) is 54.4 Å². The lowest BCUT2D eigenvalue weighted by atomic mass is 9.99. The van der Waals surface area contributed by atoms with Crippen molar-refractivity contribution in [2.75, 3.05) is 39.3 Å². The van der Waals surface area contributed by atoms with Crippen LogP contribution in [0.25, 0.3) is 0 Å². The summed E-state index contributed by atoms with van der Waals surface area (Å²) in [6.45, 7) is -2.43. The number of phenols is 1. The number of nitrogens with one attached hydrogen (secondary N) is 3. The molecule has 268 valence electrons. The highest BCUT2D eigenvalue weighted by atomic mass is 16.4. The van der Waals surface area contributed by atoms with Crippen molar-refractivity contribution in [3.05, 3.63) is 29.8 Å². The lowest BCUT2D eigenvalue weighted by molar-refractivity contribution is -0.146. The summed E-state index contributed by atoms with van der Waals surface area (Å²) in [5.74, 6) is -7.63. The summed E-state index contributed by atoms with van der Waals surface area (Å²) in [5, 5.41) is 34.4. The summed E-state index contributed by atoms with van der Waals surface area (Å²) >= 11 is 0. The van der Waals surface area contributed by atoms with E-state index in [0.717, 1.165) is 4.90 Å². The molecule has 0 unspecified atom stereocenters. The Labute approximate surface area is 281 Å². The number of carbonyl (C=O) groups excluding carboxylic acids is 8. The van der Waals surface area contributed by atoms with Crippen LogP contribution in [-0.4, -0.2) is 130 Å². The van der Waals surface area contributed by atoms with E-state index in [0.29, 0.717) is 23.3 Å². The first-order chi connectivity index (χ1) is 23.1. The number of carboxylic acids is 2. The lowest BCUT2D eigenvalue weighted by Gasteiger charge is -2.21. The Morgan fingerprint density at radius 1 is 0.694 bits per heavy atom. The van der Waals surface area contributed by atoms with E-state index in [9.17, 15) is 53.1 Å². The van der Waals surface area contributed by atoms with Gasteiger partial charge < -0.3 is 41.1 Å². The fourth-order valence-electron chi connectivity index (χ4n) is 4.28. The molecule has 18 nitrogen and oxygen atoms in total. The maximum Gasteiger partial charge on any atom is 0.323 e. The van der Waals surface area contributed by atoms with Gasteiger partial charge in [0.15, 0.2) is 17.3 Å². The van der Waals surface area contributed by atoms with Crippen LogP contribution in [0.15, 0.2) is 24.3 Å². The van der Waals surface area contributed by atoms with E-state index < -0.39 is 105 Å². The number of benzene rings is 1. The van der Waals surface area contributed by atoms with Crippen LogP contribution in [0, 0.1) is 0 Å². The number of Topliss-reactive ketones (excluding diaryl/α,β-unsaturated/α-hetero) is 3. The fraction of sp³-hybridized carbons (Fsp3) is 0.484. The third kappa shape index (κ3) is 17.7. The Hall–Kier alpha value is -5.68. The molecular weight excluding hydrogens is 650 g/mol. The molecule has 0 spiro atoms. The van der Waals surface area contributed by atoms with Gasteiger partial charge in [-0.1, -0.05) is 19.1 Å². The predicted molar refractivity (Wildman–Crippen MR) is 168 cm³/mol. The Balaban J connectivity index is 2.58. The van der Waals surface area contributed by atoms with Crippen LogP contribution in [0.1, 0.15) is 51.0 Å². The zero-order valence-corrected chi connectivity index (χ0v) is 27.0. The largest absolute Gasteiger partial charge is 0.508 e. The fourth-order valence-corrected chi connectivity index (χ4v) is 4.28. The van der Waals surface area contributed by atoms with Crippen LogP contribution in [0.2, 0.25) is 0 Å². The number of carbonyl (C=O) groups is 10. The molecule has 1 rings (SSSR count). The first-order valence-electron chi connectivity index (χ1n) is 15.2. The molecule has 0 saturated heterocycles. The first kappa shape index (κ1) is 41.3. The SMILES string of the molecule is CCCC(=O)CN(CC(=O)O)C(=O)CCC(=O)CNC(=O)CN(CC(=O)O)C(=O)CNC(=O)CCC(=O)[C@H](Cc1ccc(O)cc1)NC=O. The quantitative estimate of drug-likeness (QED) is 0.0617. The number of amides is 5. The van der Waals surface area contributed by atoms with E-state index in [4.69, 9.17) is 10.2 Å². The van der Waals surface area contributed by atoms with Gasteiger partial charge in [-0.25, -0.2) is 0 Å². The van der Waals surface area contributed by atoms with Gasteiger partial charge in [0.05, 0.1) is 25.7 Å². The van der Waals surface area contributed by atoms with E-state index in [1.54, 1.807) is 19.1 Å². The van der Waals surface area contributed by atoms with Crippen molar-refractivity contribution in [3.63, 3.8) is 0 Å². The maximum atomic E-state index is 12.6. The molecule has 0 bridgehead atoms. The highest BCUT2D eigenvalue weighted by molar-refractivity contribution is 5.94. The number of phenolic OH excluding ortho intramolecular Hbond substituents is 1. The molecule has 0 aliphatic heterocycles. The van der Waals surface area contributed by atoms with Gasteiger partial charge in [-0.2, -0.15) is 0 Å². The number of carboxylic acid groups (broad SMARTS) is 2. The Kier molecular flexibility index (Phi) is 18.6. The molecule has 0 fully saturated rings. The van der Waals surface area contributed by atoms with Crippen molar-refractivity contribution in [1.82, 2.24) is 25.8 Å². The van der Waals surface area contributed by atoms with Gasteiger partial charge in [0.2, 0.25) is 30.0 Å². The van der Waals surface area contributed by atoms with E-state index >= 15 is 0 Å². The molecule has 0 heterocycles. The molecule has 0 aliphatic rings. The van der Waals surface area contributed by atoms with Gasteiger partial charge in [0.25, 0.3) is 0 Å². The summed E-state index contributed by atoms with van der Waals surface area (Å²) in [6, 6.07) is 4.98. The van der Waals surface area contributed by atoms with Gasteiger partial charge in [-0.3, -0.25) is 47.9 Å². The van der Waals surface area contributed by atoms with Crippen molar-refractivity contribution in [2.24, 2.45) is 0 Å². The number of aromatic hydroxyl groups is 1. The minimum absolute atomic E-state index is 0.0155. The van der Waals surface area contributed by atoms with Gasteiger partial charge in [-0.15, -0.1) is 0 Å². The second-order valence-electron chi connectivity index (χ2n) is 10.8. The summed E-state index contributed by atoms with van der Waals surface area (Å²) in [4.78, 5) is 121. The molecule has 0 aliphatic carbocycles. The minimum Gasteiger partial charge on any atom is -0.508 e. The van der Waals surface area contributed by atoms with Crippen LogP contribution in [0.3, 0.4) is 0 Å². The first-order valence-corrected chi connectivity index (χ1v) is 15.2. The van der Waals surface area contributed by atoms with Crippen molar-refractivity contribution in [2.45, 2.75) is 57.9 Å². The van der Waals surface area contributed by atoms with Crippen LogP contribution in [0.5, 0.6) is 5.75 Å². The third-order valence-electron chi connectivity index (χ3n) is 6.76. The van der Waals surface area contributed by atoms with Crippen molar-refractivity contribution < 1.29 is 63.3 Å². The van der Waals surface area contributed by atoms with Gasteiger partial charge >= 0.3 is 11.9 Å². The molecule has 1 aromatic carbocycles. The third-order valence-corrected chi connectivity index (χ3v) is 6.76. The normalized spacial score (nSPS) is 11.0. The van der Waals surface area contributed by atoms with E-state index in [-0.39, 0.29) is 37.2 Å². The van der Waals surface area contributed by atoms with Gasteiger partial charge in [-0.05, 0) is 30.5 Å². The Morgan fingerprint density at radius 3 is 1.86 bits per heavy atom. The molecule has 0 saturated carbocycles. The molecule has 1 atom stereocenters. The number of ketones is 3. The zero-order chi connectivity index (χ0) is 36.9. The molecule has 18 heteroatoms. The minimum atomic E-state index is -1.47. The Morgan fingerprint density at radius 2 is 1.29 bits per heavy atom. The van der Waals surface area contributed by atoms with Crippen molar-refractivity contribution >= 4 is 59.3 Å². The smallest absolute Gasteiger partial charge is 0.323 e. The van der Waals surface area contributed by atoms with Crippen LogP contribution < -0.4 is 16.0 Å². The van der Waals surface area contributed by atoms with Crippen molar-refractivity contribution in [1.29, 1.82) is 0 Å². The highest BCUT2D eigenvalue weighted by Gasteiger charge is 2.24. The number of nitrogens with zero attached hydrogens (tertiary/aromatic N) is 2. The number of aliphatic carboxylic acids is 2. The molecule has 6 N–H and O–H groups in total. The summed E-state index contributed by atoms with van der Waals surface area (Å²) in [6.07, 6.45) is -0.412. The molecule has 5 amide bonds.